The highest BCUT2D eigenvalue weighted by Gasteiger charge is 2.19. The first-order valence-electron chi connectivity index (χ1n) is 8.22. The highest BCUT2D eigenvalue weighted by atomic mass is 19.1. The zero-order chi connectivity index (χ0) is 16.9. The summed E-state index contributed by atoms with van der Waals surface area (Å²) in [7, 11) is 0. The van der Waals surface area contributed by atoms with E-state index in [1.54, 1.807) is 0 Å². The molecule has 4 nitrogen and oxygen atoms in total. The minimum absolute atomic E-state index is 0.216. The van der Waals surface area contributed by atoms with E-state index in [0.717, 1.165) is 42.9 Å². The number of carbonyl (C=O) groups is 1. The summed E-state index contributed by atoms with van der Waals surface area (Å²) < 4.78 is 18.0. The molecule has 0 aliphatic carbocycles. The Bertz CT molecular complexity index is 716. The van der Waals surface area contributed by atoms with Gasteiger partial charge in [0.2, 0.25) is 0 Å². The third kappa shape index (κ3) is 3.85. The Morgan fingerprint density at radius 2 is 2.04 bits per heavy atom. The van der Waals surface area contributed by atoms with Crippen molar-refractivity contribution in [2.24, 2.45) is 0 Å². The Morgan fingerprint density at radius 1 is 1.25 bits per heavy atom. The molecule has 2 aromatic rings. The summed E-state index contributed by atoms with van der Waals surface area (Å²) >= 11 is 0. The topological polar surface area (TPSA) is 41.6 Å². The van der Waals surface area contributed by atoms with Crippen LogP contribution in [0.4, 0.5) is 20.6 Å². The van der Waals surface area contributed by atoms with Crippen molar-refractivity contribution in [3.05, 3.63) is 59.4 Å². The molecule has 5 heteroatoms. The van der Waals surface area contributed by atoms with Crippen molar-refractivity contribution in [1.82, 2.24) is 0 Å². The molecule has 0 radical (unpaired) electrons. The number of carbonyl (C=O) groups excluding carboxylic acids is 1. The van der Waals surface area contributed by atoms with Gasteiger partial charge in [-0.3, -0.25) is 5.32 Å². The number of halogens is 1. The predicted octanol–water partition coefficient (Wildman–Crippen LogP) is 4.35. The molecule has 0 aromatic heterocycles. The molecular formula is C19H21FN2O2. The molecule has 0 spiro atoms. The van der Waals surface area contributed by atoms with Crippen LogP contribution in [0.2, 0.25) is 0 Å². The molecule has 0 fully saturated rings. The molecule has 1 heterocycles. The average molecular weight is 328 g/mol. The number of rotatable bonds is 5. The number of anilines is 2. The molecule has 0 atom stereocenters. The number of benzene rings is 2. The lowest BCUT2D eigenvalue weighted by atomic mass is 10.1. The standard InChI is InChI=1S/C19H21FN2O2/c1-2-11-24-19(23)21-17-7-8-18-15(12-17)9-10-22(18)13-14-3-5-16(20)6-4-14/h3-8,12H,2,9-11,13H2,1H3,(H,21,23). The lowest BCUT2D eigenvalue weighted by molar-refractivity contribution is 0.161. The first-order valence-corrected chi connectivity index (χ1v) is 8.22. The maximum absolute atomic E-state index is 13.0. The van der Waals surface area contributed by atoms with Crippen LogP contribution in [-0.2, 0) is 17.7 Å². The van der Waals surface area contributed by atoms with E-state index in [4.69, 9.17) is 4.74 Å². The fourth-order valence-electron chi connectivity index (χ4n) is 2.87. The molecule has 126 valence electrons. The smallest absolute Gasteiger partial charge is 0.411 e. The molecule has 2 aromatic carbocycles. The van der Waals surface area contributed by atoms with E-state index < -0.39 is 6.09 Å². The van der Waals surface area contributed by atoms with Gasteiger partial charge in [0.05, 0.1) is 6.61 Å². The number of fused-ring (bicyclic) bond motifs is 1. The maximum Gasteiger partial charge on any atom is 0.411 e. The number of hydrogen-bond acceptors (Lipinski definition) is 3. The van der Waals surface area contributed by atoms with Gasteiger partial charge in [-0.05, 0) is 54.3 Å². The quantitative estimate of drug-likeness (QED) is 0.887. The Balaban J connectivity index is 1.66. The normalized spacial score (nSPS) is 12.8. The minimum atomic E-state index is -0.419. The fourth-order valence-corrected chi connectivity index (χ4v) is 2.87. The fraction of sp³-hybridized carbons (Fsp3) is 0.316. The predicted molar refractivity (Wildman–Crippen MR) is 92.9 cm³/mol. The summed E-state index contributed by atoms with van der Waals surface area (Å²) in [4.78, 5) is 13.9. The number of nitrogens with zero attached hydrogens (tertiary/aromatic N) is 1. The molecule has 3 rings (SSSR count). The van der Waals surface area contributed by atoms with E-state index in [-0.39, 0.29) is 5.82 Å². The van der Waals surface area contributed by atoms with Crippen LogP contribution in [0.15, 0.2) is 42.5 Å². The summed E-state index contributed by atoms with van der Waals surface area (Å²) in [5.41, 5.74) is 4.19. The Morgan fingerprint density at radius 3 is 2.79 bits per heavy atom. The minimum Gasteiger partial charge on any atom is -0.449 e. The largest absolute Gasteiger partial charge is 0.449 e. The lowest BCUT2D eigenvalue weighted by Gasteiger charge is -2.19. The first-order chi connectivity index (χ1) is 11.7. The summed E-state index contributed by atoms with van der Waals surface area (Å²) in [6, 6.07) is 12.5. The number of hydrogen-bond donors (Lipinski definition) is 1. The van der Waals surface area contributed by atoms with Gasteiger partial charge in [-0.2, -0.15) is 0 Å². The summed E-state index contributed by atoms with van der Waals surface area (Å²) in [6.45, 7) is 4.04. The SMILES string of the molecule is CCCOC(=O)Nc1ccc2c(c1)CCN2Cc1ccc(F)cc1. The molecule has 1 aliphatic heterocycles. The molecular weight excluding hydrogens is 307 g/mol. The molecule has 1 amide bonds. The van der Waals surface area contributed by atoms with Gasteiger partial charge >= 0.3 is 6.09 Å². The van der Waals surface area contributed by atoms with Gasteiger partial charge in [0.15, 0.2) is 0 Å². The number of amides is 1. The monoisotopic (exact) mass is 328 g/mol. The second-order valence-corrected chi connectivity index (χ2v) is 5.90. The summed E-state index contributed by atoms with van der Waals surface area (Å²) in [5.74, 6) is -0.216. The van der Waals surface area contributed by atoms with Crippen molar-refractivity contribution >= 4 is 17.5 Å². The highest BCUT2D eigenvalue weighted by Crippen LogP contribution is 2.31. The van der Waals surface area contributed by atoms with Gasteiger partial charge in [0.1, 0.15) is 5.82 Å². The Labute approximate surface area is 141 Å². The zero-order valence-corrected chi connectivity index (χ0v) is 13.7. The van der Waals surface area contributed by atoms with Crippen LogP contribution in [0.3, 0.4) is 0 Å². The molecule has 24 heavy (non-hydrogen) atoms. The lowest BCUT2D eigenvalue weighted by Crippen LogP contribution is -2.19. The van der Waals surface area contributed by atoms with E-state index in [1.807, 2.05) is 37.3 Å². The number of ether oxygens (including phenoxy) is 1. The van der Waals surface area contributed by atoms with Crippen LogP contribution in [0.5, 0.6) is 0 Å². The summed E-state index contributed by atoms with van der Waals surface area (Å²) in [6.07, 6.45) is 1.31. The second-order valence-electron chi connectivity index (χ2n) is 5.90. The molecule has 0 saturated carbocycles. The van der Waals surface area contributed by atoms with Crippen LogP contribution in [0.25, 0.3) is 0 Å². The van der Waals surface area contributed by atoms with Crippen molar-refractivity contribution in [1.29, 1.82) is 0 Å². The first kappa shape index (κ1) is 16.3. The second kappa shape index (κ2) is 7.34. The number of nitrogens with one attached hydrogen (secondary N) is 1. The molecule has 0 saturated heterocycles. The van der Waals surface area contributed by atoms with Crippen molar-refractivity contribution in [2.45, 2.75) is 26.3 Å². The van der Waals surface area contributed by atoms with Gasteiger partial charge in [0, 0.05) is 24.5 Å². The zero-order valence-electron chi connectivity index (χ0n) is 13.7. The van der Waals surface area contributed by atoms with Crippen molar-refractivity contribution in [3.8, 4) is 0 Å². The van der Waals surface area contributed by atoms with Gasteiger partial charge < -0.3 is 9.64 Å². The maximum atomic E-state index is 13.0. The average Bonchev–Trinajstić information content (AvgIpc) is 2.97. The van der Waals surface area contributed by atoms with Gasteiger partial charge in [-0.1, -0.05) is 19.1 Å². The van der Waals surface area contributed by atoms with Crippen LogP contribution < -0.4 is 10.2 Å². The van der Waals surface area contributed by atoms with E-state index >= 15 is 0 Å². The van der Waals surface area contributed by atoms with Gasteiger partial charge in [-0.15, -0.1) is 0 Å². The van der Waals surface area contributed by atoms with E-state index in [1.165, 1.54) is 17.7 Å². The van der Waals surface area contributed by atoms with E-state index in [2.05, 4.69) is 10.2 Å². The van der Waals surface area contributed by atoms with Crippen molar-refractivity contribution in [2.75, 3.05) is 23.4 Å². The van der Waals surface area contributed by atoms with Crippen LogP contribution in [0.1, 0.15) is 24.5 Å². The Kier molecular flexibility index (Phi) is 4.99. The van der Waals surface area contributed by atoms with Gasteiger partial charge in [0.25, 0.3) is 0 Å². The molecule has 0 unspecified atom stereocenters. The Hall–Kier alpha value is -2.56. The van der Waals surface area contributed by atoms with E-state index in [9.17, 15) is 9.18 Å². The third-order valence-corrected chi connectivity index (χ3v) is 4.04. The van der Waals surface area contributed by atoms with E-state index in [0.29, 0.717) is 6.61 Å². The molecule has 1 N–H and O–H groups in total. The van der Waals surface area contributed by atoms with Crippen molar-refractivity contribution < 1.29 is 13.9 Å². The van der Waals surface area contributed by atoms with Gasteiger partial charge in [-0.25, -0.2) is 9.18 Å². The summed E-state index contributed by atoms with van der Waals surface area (Å²) in [5, 5.41) is 2.76. The van der Waals surface area contributed by atoms with Crippen molar-refractivity contribution in [3.63, 3.8) is 0 Å². The van der Waals surface area contributed by atoms with Crippen LogP contribution in [0, 0.1) is 5.82 Å². The third-order valence-electron chi connectivity index (χ3n) is 4.04. The molecule has 0 bridgehead atoms. The highest BCUT2D eigenvalue weighted by molar-refractivity contribution is 5.85. The van der Waals surface area contributed by atoms with Crippen LogP contribution in [-0.4, -0.2) is 19.2 Å². The molecule has 1 aliphatic rings. The van der Waals surface area contributed by atoms with Crippen LogP contribution >= 0.6 is 0 Å².